The van der Waals surface area contributed by atoms with Gasteiger partial charge in [0.2, 0.25) is 10.0 Å². The normalized spacial score (nSPS) is 16.9. The molecule has 1 fully saturated rings. The maximum absolute atomic E-state index is 14.6. The first kappa shape index (κ1) is 23.1. The Balaban J connectivity index is 1.85. The van der Waals surface area contributed by atoms with Crippen LogP contribution < -0.4 is 5.32 Å². The highest BCUT2D eigenvalue weighted by molar-refractivity contribution is 9.10. The van der Waals surface area contributed by atoms with Crippen LogP contribution in [0.25, 0.3) is 0 Å². The summed E-state index contributed by atoms with van der Waals surface area (Å²) in [5.41, 5.74) is -0.272. The van der Waals surface area contributed by atoms with Crippen molar-refractivity contribution in [3.05, 3.63) is 63.1 Å². The third kappa shape index (κ3) is 4.85. The Morgan fingerprint density at radius 2 is 2.03 bits per heavy atom. The zero-order valence-electron chi connectivity index (χ0n) is 16.4. The third-order valence-electron chi connectivity index (χ3n) is 5.46. The van der Waals surface area contributed by atoms with Crippen molar-refractivity contribution in [3.63, 3.8) is 0 Å². The summed E-state index contributed by atoms with van der Waals surface area (Å²) >= 11 is 9.47. The van der Waals surface area contributed by atoms with Gasteiger partial charge in [-0.2, -0.15) is 0 Å². The Kier molecular flexibility index (Phi) is 7.16. The zero-order chi connectivity index (χ0) is 21.9. The first-order chi connectivity index (χ1) is 14.2. The molecule has 0 aliphatic carbocycles. The molecule has 6 nitrogen and oxygen atoms in total. The fraction of sp³-hybridized carbons (Fsp3) is 0.400. The van der Waals surface area contributed by atoms with Crippen molar-refractivity contribution in [2.24, 2.45) is 0 Å². The molecule has 1 aromatic carbocycles. The fourth-order valence-corrected chi connectivity index (χ4v) is 5.53. The highest BCUT2D eigenvalue weighted by Crippen LogP contribution is 2.36. The average molecular weight is 519 g/mol. The predicted octanol–water partition coefficient (Wildman–Crippen LogP) is 3.75. The number of piperidine rings is 1. The van der Waals surface area contributed by atoms with Crippen molar-refractivity contribution < 1.29 is 17.6 Å². The summed E-state index contributed by atoms with van der Waals surface area (Å²) in [6.45, 7) is 2.19. The molecule has 0 radical (unpaired) electrons. The van der Waals surface area contributed by atoms with Gasteiger partial charge in [-0.15, -0.1) is 0 Å². The molecule has 30 heavy (non-hydrogen) atoms. The summed E-state index contributed by atoms with van der Waals surface area (Å²) in [6.07, 6.45) is 2.19. The maximum Gasteiger partial charge on any atom is 0.252 e. The minimum atomic E-state index is -3.34. The number of benzene rings is 1. The minimum Gasteiger partial charge on any atom is -0.351 e. The quantitative estimate of drug-likeness (QED) is 0.632. The lowest BCUT2D eigenvalue weighted by atomic mass is 9.75. The molecule has 0 atom stereocenters. The van der Waals surface area contributed by atoms with Crippen LogP contribution in [0.3, 0.4) is 0 Å². The molecule has 1 saturated heterocycles. The van der Waals surface area contributed by atoms with E-state index in [0.717, 1.165) is 4.47 Å². The van der Waals surface area contributed by atoms with E-state index in [1.54, 1.807) is 25.1 Å². The standard InChI is InChI=1S/C20H22BrClFN3O3S/c1-2-30(28,29)26-10-7-20(8-11-26,18-17(23)4-3-9-24-18)13-25-19(27)15-6-5-14(21)12-16(15)22/h3-6,9,12H,2,7-8,10-11,13H2,1H3,(H,25,27). The van der Waals surface area contributed by atoms with E-state index < -0.39 is 21.3 Å². The van der Waals surface area contributed by atoms with Crippen molar-refractivity contribution in [2.45, 2.75) is 25.2 Å². The summed E-state index contributed by atoms with van der Waals surface area (Å²) < 4.78 is 41.3. The van der Waals surface area contributed by atoms with E-state index in [1.165, 1.54) is 22.6 Å². The fourth-order valence-electron chi connectivity index (χ4n) is 3.67. The maximum atomic E-state index is 14.6. The Hall–Kier alpha value is -1.55. The Bertz CT molecular complexity index is 1040. The van der Waals surface area contributed by atoms with Gasteiger partial charge in [0, 0.05) is 35.7 Å². The van der Waals surface area contributed by atoms with Gasteiger partial charge in [0.25, 0.3) is 5.91 Å². The van der Waals surface area contributed by atoms with Crippen LogP contribution in [0.1, 0.15) is 35.8 Å². The molecule has 3 rings (SSSR count). The molecule has 0 unspecified atom stereocenters. The van der Waals surface area contributed by atoms with Gasteiger partial charge in [-0.05, 0) is 50.1 Å². The Morgan fingerprint density at radius 3 is 2.63 bits per heavy atom. The van der Waals surface area contributed by atoms with Crippen molar-refractivity contribution in [1.29, 1.82) is 0 Å². The SMILES string of the molecule is CCS(=O)(=O)N1CCC(CNC(=O)c2ccc(Br)cc2Cl)(c2ncccc2F)CC1. The first-order valence-electron chi connectivity index (χ1n) is 9.50. The van der Waals surface area contributed by atoms with Crippen LogP contribution in [-0.4, -0.2) is 49.0 Å². The zero-order valence-corrected chi connectivity index (χ0v) is 19.5. The van der Waals surface area contributed by atoms with Crippen molar-refractivity contribution in [3.8, 4) is 0 Å². The monoisotopic (exact) mass is 517 g/mol. The van der Waals surface area contributed by atoms with Gasteiger partial charge in [-0.25, -0.2) is 17.1 Å². The predicted molar refractivity (Wildman–Crippen MR) is 118 cm³/mol. The summed E-state index contributed by atoms with van der Waals surface area (Å²) in [6, 6.07) is 7.77. The molecule has 10 heteroatoms. The number of pyridine rings is 1. The van der Waals surface area contributed by atoms with Crippen LogP contribution in [0.5, 0.6) is 0 Å². The van der Waals surface area contributed by atoms with Gasteiger partial charge < -0.3 is 5.32 Å². The number of hydrogen-bond acceptors (Lipinski definition) is 4. The number of nitrogens with zero attached hydrogens (tertiary/aromatic N) is 2. The number of amides is 1. The van der Waals surface area contributed by atoms with E-state index in [-0.39, 0.29) is 37.0 Å². The van der Waals surface area contributed by atoms with Crippen molar-refractivity contribution >= 4 is 43.5 Å². The molecule has 1 aromatic heterocycles. The molecule has 0 spiro atoms. The largest absolute Gasteiger partial charge is 0.351 e. The van der Waals surface area contributed by atoms with Gasteiger partial charge in [0.15, 0.2) is 0 Å². The number of carbonyl (C=O) groups is 1. The lowest BCUT2D eigenvalue weighted by Gasteiger charge is -2.41. The van der Waals surface area contributed by atoms with Gasteiger partial charge in [0.05, 0.1) is 22.0 Å². The molecule has 0 bridgehead atoms. The first-order valence-corrected chi connectivity index (χ1v) is 12.3. The van der Waals surface area contributed by atoms with Gasteiger partial charge in [-0.3, -0.25) is 9.78 Å². The van der Waals surface area contributed by atoms with E-state index in [2.05, 4.69) is 26.2 Å². The molecule has 1 aliphatic rings. The summed E-state index contributed by atoms with van der Waals surface area (Å²) in [4.78, 5) is 17.0. The third-order valence-corrected chi connectivity index (χ3v) is 8.15. The Labute approximate surface area is 189 Å². The summed E-state index contributed by atoms with van der Waals surface area (Å²) in [7, 11) is -3.34. The molecule has 1 aliphatic heterocycles. The van der Waals surface area contributed by atoms with Crippen molar-refractivity contribution in [2.75, 3.05) is 25.4 Å². The van der Waals surface area contributed by atoms with E-state index >= 15 is 0 Å². The second-order valence-corrected chi connectivity index (χ2v) is 10.8. The minimum absolute atomic E-state index is 0.0107. The molecule has 2 aromatic rings. The highest BCUT2D eigenvalue weighted by Gasteiger charge is 2.42. The molecule has 1 amide bonds. The van der Waals surface area contributed by atoms with Crippen LogP contribution >= 0.6 is 27.5 Å². The second-order valence-electron chi connectivity index (χ2n) is 7.22. The molecule has 162 valence electrons. The number of aromatic nitrogens is 1. The average Bonchev–Trinajstić information content (AvgIpc) is 2.72. The van der Waals surface area contributed by atoms with E-state index in [1.807, 2.05) is 0 Å². The van der Waals surface area contributed by atoms with E-state index in [9.17, 15) is 17.6 Å². The number of rotatable bonds is 6. The van der Waals surface area contributed by atoms with Gasteiger partial charge >= 0.3 is 0 Å². The summed E-state index contributed by atoms with van der Waals surface area (Å²) in [5, 5.41) is 3.14. The number of halogens is 3. The number of sulfonamides is 1. The van der Waals surface area contributed by atoms with Crippen LogP contribution in [0.4, 0.5) is 4.39 Å². The smallest absolute Gasteiger partial charge is 0.252 e. The van der Waals surface area contributed by atoms with Crippen LogP contribution in [0, 0.1) is 5.82 Å². The van der Waals surface area contributed by atoms with E-state index in [4.69, 9.17) is 11.6 Å². The topological polar surface area (TPSA) is 79.4 Å². The lowest BCUT2D eigenvalue weighted by Crippen LogP contribution is -2.51. The number of nitrogens with one attached hydrogen (secondary N) is 1. The van der Waals surface area contributed by atoms with Gasteiger partial charge in [-0.1, -0.05) is 27.5 Å². The molecular weight excluding hydrogens is 497 g/mol. The van der Waals surface area contributed by atoms with Crippen molar-refractivity contribution in [1.82, 2.24) is 14.6 Å². The van der Waals surface area contributed by atoms with E-state index in [0.29, 0.717) is 23.4 Å². The molecular formula is C20H22BrClFN3O3S. The van der Waals surface area contributed by atoms with Crippen LogP contribution in [0.2, 0.25) is 5.02 Å². The van der Waals surface area contributed by atoms with Crippen LogP contribution in [0.15, 0.2) is 41.0 Å². The van der Waals surface area contributed by atoms with Crippen LogP contribution in [-0.2, 0) is 15.4 Å². The second kappa shape index (κ2) is 9.30. The van der Waals surface area contributed by atoms with Gasteiger partial charge in [0.1, 0.15) is 5.82 Å². The number of hydrogen-bond donors (Lipinski definition) is 1. The lowest BCUT2D eigenvalue weighted by molar-refractivity contribution is 0.0931. The molecule has 2 heterocycles. The highest BCUT2D eigenvalue weighted by atomic mass is 79.9. The molecule has 1 N–H and O–H groups in total. The number of carbonyl (C=O) groups excluding carboxylic acids is 1. The molecule has 0 saturated carbocycles. The Morgan fingerprint density at radius 1 is 1.33 bits per heavy atom. The summed E-state index contributed by atoms with van der Waals surface area (Å²) in [5.74, 6) is -0.844.